The molecule has 2 nitrogen and oxygen atoms in total. The van der Waals surface area contributed by atoms with Crippen molar-refractivity contribution in [2.24, 2.45) is 5.92 Å². The van der Waals surface area contributed by atoms with Crippen molar-refractivity contribution >= 4 is 23.2 Å². The van der Waals surface area contributed by atoms with E-state index in [9.17, 15) is 18.0 Å². The van der Waals surface area contributed by atoms with Crippen LogP contribution in [-0.4, -0.2) is 12.5 Å². The molecule has 0 N–H and O–H groups in total. The number of nitrogens with zero attached hydrogens (tertiary/aromatic N) is 1. The summed E-state index contributed by atoms with van der Waals surface area (Å²) in [6.45, 7) is 3.90. The van der Waals surface area contributed by atoms with E-state index >= 15 is 0 Å². The van der Waals surface area contributed by atoms with Gasteiger partial charge in [0.25, 0.3) is 0 Å². The number of carbonyl (C=O) groups is 1. The van der Waals surface area contributed by atoms with Crippen molar-refractivity contribution in [1.82, 2.24) is 0 Å². The second kappa shape index (κ2) is 4.89. The fourth-order valence-corrected chi connectivity index (χ4v) is 2.24. The molecule has 1 aromatic rings. The van der Waals surface area contributed by atoms with Gasteiger partial charge in [0.15, 0.2) is 0 Å². The number of rotatable bonds is 2. The zero-order chi connectivity index (χ0) is 14.2. The molecule has 1 unspecified atom stereocenters. The van der Waals surface area contributed by atoms with E-state index < -0.39 is 11.7 Å². The highest BCUT2D eigenvalue weighted by atomic mass is 35.5. The maximum atomic E-state index is 12.7. The number of hydrogen-bond acceptors (Lipinski definition) is 1. The van der Waals surface area contributed by atoms with Gasteiger partial charge in [0.05, 0.1) is 16.3 Å². The fraction of sp³-hybridized carbons (Fsp3) is 0.308. The monoisotopic (exact) mass is 289 g/mol. The van der Waals surface area contributed by atoms with Crippen molar-refractivity contribution < 1.29 is 18.0 Å². The van der Waals surface area contributed by atoms with Gasteiger partial charge in [-0.05, 0) is 18.2 Å². The molecule has 6 heteroatoms. The molecule has 0 aliphatic carbocycles. The molecule has 0 radical (unpaired) electrons. The maximum Gasteiger partial charge on any atom is 0.416 e. The summed E-state index contributed by atoms with van der Waals surface area (Å²) in [5.41, 5.74) is -0.715. The number of carbonyl (C=O) groups excluding carboxylic acids is 1. The van der Waals surface area contributed by atoms with Crippen molar-refractivity contribution in [3.8, 4) is 0 Å². The number of hydrogen-bond donors (Lipinski definition) is 0. The van der Waals surface area contributed by atoms with Crippen LogP contribution in [0.3, 0.4) is 0 Å². The summed E-state index contributed by atoms with van der Waals surface area (Å²) in [7, 11) is 0. The first-order valence-electron chi connectivity index (χ1n) is 5.62. The van der Waals surface area contributed by atoms with Gasteiger partial charge in [-0.15, -0.1) is 6.58 Å². The van der Waals surface area contributed by atoms with Crippen LogP contribution in [0.5, 0.6) is 0 Å². The Morgan fingerprint density at radius 3 is 2.63 bits per heavy atom. The molecule has 1 fully saturated rings. The highest BCUT2D eigenvalue weighted by molar-refractivity contribution is 6.33. The van der Waals surface area contributed by atoms with Gasteiger partial charge in [-0.2, -0.15) is 13.2 Å². The Bertz CT molecular complexity index is 527. The zero-order valence-corrected chi connectivity index (χ0v) is 10.6. The van der Waals surface area contributed by atoms with Crippen molar-refractivity contribution in [2.45, 2.75) is 12.6 Å². The molecule has 2 rings (SSSR count). The average Bonchev–Trinajstić information content (AvgIpc) is 2.69. The summed E-state index contributed by atoms with van der Waals surface area (Å²) in [5, 5.41) is 0.131. The third-order valence-electron chi connectivity index (χ3n) is 3.05. The standard InChI is InChI=1S/C13H11ClF3NO/c1-2-8-5-12(19)18(7-8)11-6-9(13(15,16)17)3-4-10(11)14/h2-4,6,8H,1,5,7H2. The molecule has 1 atom stereocenters. The van der Waals surface area contributed by atoms with E-state index in [0.29, 0.717) is 6.54 Å². The number of halogens is 4. The number of alkyl halides is 3. The third kappa shape index (κ3) is 2.76. The summed E-state index contributed by atoms with van der Waals surface area (Å²) in [6.07, 6.45) is -2.59. The normalized spacial score (nSPS) is 19.9. The first-order valence-corrected chi connectivity index (χ1v) is 6.00. The van der Waals surface area contributed by atoms with Crippen LogP contribution in [0.1, 0.15) is 12.0 Å². The van der Waals surface area contributed by atoms with Crippen LogP contribution >= 0.6 is 11.6 Å². The summed E-state index contributed by atoms with van der Waals surface area (Å²) in [4.78, 5) is 13.1. The lowest BCUT2D eigenvalue weighted by Gasteiger charge is -2.19. The van der Waals surface area contributed by atoms with Crippen LogP contribution in [0.2, 0.25) is 5.02 Å². The van der Waals surface area contributed by atoms with Gasteiger partial charge in [0.2, 0.25) is 5.91 Å². The molecule has 1 saturated heterocycles. The quantitative estimate of drug-likeness (QED) is 0.756. The smallest absolute Gasteiger partial charge is 0.310 e. The van der Waals surface area contributed by atoms with Crippen LogP contribution < -0.4 is 4.90 Å². The summed E-state index contributed by atoms with van der Waals surface area (Å²) in [6, 6.07) is 2.97. The maximum absolute atomic E-state index is 12.7. The van der Waals surface area contributed by atoms with E-state index in [1.54, 1.807) is 6.08 Å². The summed E-state index contributed by atoms with van der Waals surface area (Å²) >= 11 is 5.90. The highest BCUT2D eigenvalue weighted by Crippen LogP contribution is 2.37. The molecular formula is C13H11ClF3NO. The van der Waals surface area contributed by atoms with E-state index in [1.807, 2.05) is 0 Å². The molecule has 102 valence electrons. The van der Waals surface area contributed by atoms with Crippen LogP contribution in [0.4, 0.5) is 18.9 Å². The Morgan fingerprint density at radius 2 is 2.11 bits per heavy atom. The van der Waals surface area contributed by atoms with E-state index in [4.69, 9.17) is 11.6 Å². The van der Waals surface area contributed by atoms with Crippen molar-refractivity contribution in [2.75, 3.05) is 11.4 Å². The van der Waals surface area contributed by atoms with Gasteiger partial charge in [-0.3, -0.25) is 4.79 Å². The van der Waals surface area contributed by atoms with Gasteiger partial charge < -0.3 is 4.90 Å². The first-order chi connectivity index (χ1) is 8.82. The lowest BCUT2D eigenvalue weighted by Crippen LogP contribution is -2.25. The Kier molecular flexibility index (Phi) is 3.58. The molecule has 19 heavy (non-hydrogen) atoms. The predicted molar refractivity (Wildman–Crippen MR) is 67.1 cm³/mol. The number of amides is 1. The van der Waals surface area contributed by atoms with E-state index in [1.165, 1.54) is 4.90 Å². The van der Waals surface area contributed by atoms with E-state index in [-0.39, 0.29) is 29.0 Å². The molecular weight excluding hydrogens is 279 g/mol. The third-order valence-corrected chi connectivity index (χ3v) is 3.37. The van der Waals surface area contributed by atoms with Crippen LogP contribution in [-0.2, 0) is 11.0 Å². The van der Waals surface area contributed by atoms with Crippen LogP contribution in [0.15, 0.2) is 30.9 Å². The highest BCUT2D eigenvalue weighted by Gasteiger charge is 2.34. The zero-order valence-electron chi connectivity index (χ0n) is 9.88. The van der Waals surface area contributed by atoms with Gasteiger partial charge in [0, 0.05) is 18.9 Å². The average molecular weight is 290 g/mol. The van der Waals surface area contributed by atoms with Crippen LogP contribution in [0.25, 0.3) is 0 Å². The van der Waals surface area contributed by atoms with E-state index in [2.05, 4.69) is 6.58 Å². The van der Waals surface area contributed by atoms with Crippen LogP contribution in [0, 0.1) is 5.92 Å². The molecule has 1 heterocycles. The van der Waals surface area contributed by atoms with Crippen molar-refractivity contribution in [3.05, 3.63) is 41.4 Å². The molecule has 0 aromatic heterocycles. The Labute approximate surface area is 113 Å². The second-order valence-corrected chi connectivity index (χ2v) is 4.78. The number of anilines is 1. The lowest BCUT2D eigenvalue weighted by molar-refractivity contribution is -0.137. The predicted octanol–water partition coefficient (Wildman–Crippen LogP) is 3.90. The second-order valence-electron chi connectivity index (χ2n) is 4.37. The number of benzene rings is 1. The van der Waals surface area contributed by atoms with E-state index in [0.717, 1.165) is 18.2 Å². The Morgan fingerprint density at radius 1 is 1.42 bits per heavy atom. The minimum absolute atomic E-state index is 0.0573. The van der Waals surface area contributed by atoms with Gasteiger partial charge >= 0.3 is 6.18 Å². The fourth-order valence-electron chi connectivity index (χ4n) is 2.02. The minimum Gasteiger partial charge on any atom is -0.310 e. The lowest BCUT2D eigenvalue weighted by atomic mass is 10.1. The van der Waals surface area contributed by atoms with Gasteiger partial charge in [-0.1, -0.05) is 17.7 Å². The Hall–Kier alpha value is -1.49. The molecule has 0 bridgehead atoms. The SMILES string of the molecule is C=CC1CC(=O)N(c2cc(C(F)(F)F)ccc2Cl)C1. The first kappa shape index (κ1) is 13.9. The summed E-state index contributed by atoms with van der Waals surface area (Å²) in [5.74, 6) is -0.302. The molecule has 0 spiro atoms. The Balaban J connectivity index is 2.39. The van der Waals surface area contributed by atoms with Crippen molar-refractivity contribution in [3.63, 3.8) is 0 Å². The molecule has 1 aromatic carbocycles. The van der Waals surface area contributed by atoms with Gasteiger partial charge in [0.1, 0.15) is 0 Å². The van der Waals surface area contributed by atoms with Gasteiger partial charge in [-0.25, -0.2) is 0 Å². The molecule has 1 aliphatic heterocycles. The summed E-state index contributed by atoms with van der Waals surface area (Å²) < 4.78 is 38.0. The molecule has 1 aliphatic rings. The van der Waals surface area contributed by atoms with Crippen molar-refractivity contribution in [1.29, 1.82) is 0 Å². The molecule has 1 amide bonds. The largest absolute Gasteiger partial charge is 0.416 e. The topological polar surface area (TPSA) is 20.3 Å². The molecule has 0 saturated carbocycles. The minimum atomic E-state index is -4.46.